The third-order valence-electron chi connectivity index (χ3n) is 4.98. The summed E-state index contributed by atoms with van der Waals surface area (Å²) in [7, 11) is 1.62. The van der Waals surface area contributed by atoms with Gasteiger partial charge in [0.1, 0.15) is 11.4 Å². The highest BCUT2D eigenvalue weighted by molar-refractivity contribution is 5.74. The number of hydrogen-bond acceptors (Lipinski definition) is 5. The number of benzene rings is 1. The van der Waals surface area contributed by atoms with Gasteiger partial charge in [0.2, 0.25) is 0 Å². The molecule has 5 nitrogen and oxygen atoms in total. The van der Waals surface area contributed by atoms with Crippen molar-refractivity contribution in [3.63, 3.8) is 0 Å². The standard InChI is InChI=1S/C23H34FN3O2/c1-8-10-26-19-12-16(18(24)13-17(19)23(5,6)29-7)15-11-20(25-9-2)21(27-14-15)22(3,4)28/h11-14,25-26,28H,8-10H2,1-7H3. The largest absolute Gasteiger partial charge is 0.385 e. The number of nitrogens with zero attached hydrogens (tertiary/aromatic N) is 1. The van der Waals surface area contributed by atoms with Crippen LogP contribution in [0.25, 0.3) is 11.1 Å². The average molecular weight is 404 g/mol. The first-order chi connectivity index (χ1) is 13.5. The van der Waals surface area contributed by atoms with Crippen LogP contribution in [0.15, 0.2) is 24.4 Å². The van der Waals surface area contributed by atoms with Crippen molar-refractivity contribution in [3.8, 4) is 11.1 Å². The molecule has 1 aromatic carbocycles. The number of halogens is 1. The fraction of sp³-hybridized carbons (Fsp3) is 0.522. The summed E-state index contributed by atoms with van der Waals surface area (Å²) < 4.78 is 20.8. The van der Waals surface area contributed by atoms with Crippen LogP contribution in [0.2, 0.25) is 0 Å². The van der Waals surface area contributed by atoms with Gasteiger partial charge in [0.15, 0.2) is 0 Å². The van der Waals surface area contributed by atoms with E-state index in [-0.39, 0.29) is 5.82 Å². The van der Waals surface area contributed by atoms with Gasteiger partial charge in [-0.2, -0.15) is 0 Å². The van der Waals surface area contributed by atoms with Crippen LogP contribution < -0.4 is 10.6 Å². The molecule has 1 heterocycles. The lowest BCUT2D eigenvalue weighted by Crippen LogP contribution is -2.22. The topological polar surface area (TPSA) is 66.4 Å². The maximum atomic E-state index is 15.2. The van der Waals surface area contributed by atoms with Crippen LogP contribution >= 0.6 is 0 Å². The Morgan fingerprint density at radius 3 is 2.31 bits per heavy atom. The van der Waals surface area contributed by atoms with Crippen molar-refractivity contribution in [2.75, 3.05) is 30.8 Å². The summed E-state index contributed by atoms with van der Waals surface area (Å²) in [6.45, 7) is 12.7. The maximum Gasteiger partial charge on any atom is 0.131 e. The smallest absolute Gasteiger partial charge is 0.131 e. The molecule has 0 aliphatic rings. The van der Waals surface area contributed by atoms with Crippen LogP contribution in [-0.2, 0) is 15.9 Å². The van der Waals surface area contributed by atoms with Crippen LogP contribution in [0.3, 0.4) is 0 Å². The number of ether oxygens (including phenoxy) is 1. The zero-order chi connectivity index (χ0) is 21.8. The third-order valence-corrected chi connectivity index (χ3v) is 4.98. The number of aromatic nitrogens is 1. The molecule has 160 valence electrons. The zero-order valence-electron chi connectivity index (χ0n) is 18.6. The lowest BCUT2D eigenvalue weighted by Gasteiger charge is -2.27. The van der Waals surface area contributed by atoms with E-state index in [1.807, 2.05) is 32.9 Å². The highest BCUT2D eigenvalue weighted by Gasteiger charge is 2.27. The highest BCUT2D eigenvalue weighted by atomic mass is 19.1. The number of hydrogen-bond donors (Lipinski definition) is 3. The fourth-order valence-corrected chi connectivity index (χ4v) is 3.23. The van der Waals surface area contributed by atoms with Gasteiger partial charge >= 0.3 is 0 Å². The number of methoxy groups -OCH3 is 1. The Balaban J connectivity index is 2.63. The molecule has 0 amide bonds. The van der Waals surface area contributed by atoms with Crippen molar-refractivity contribution < 1.29 is 14.2 Å². The van der Waals surface area contributed by atoms with Crippen molar-refractivity contribution in [1.82, 2.24) is 4.98 Å². The van der Waals surface area contributed by atoms with Crippen molar-refractivity contribution in [1.29, 1.82) is 0 Å². The molecule has 1 aromatic heterocycles. The lowest BCUT2D eigenvalue weighted by molar-refractivity contribution is 0.0196. The van der Waals surface area contributed by atoms with Gasteiger partial charge in [-0.25, -0.2) is 4.39 Å². The summed E-state index contributed by atoms with van der Waals surface area (Å²) in [6.07, 6.45) is 2.56. The number of aliphatic hydroxyl groups is 1. The van der Waals surface area contributed by atoms with E-state index in [0.29, 0.717) is 29.1 Å². The fourth-order valence-electron chi connectivity index (χ4n) is 3.23. The molecule has 6 heteroatoms. The molecule has 0 fully saturated rings. The molecule has 0 atom stereocenters. The van der Waals surface area contributed by atoms with Gasteiger partial charge in [0.25, 0.3) is 0 Å². The summed E-state index contributed by atoms with van der Waals surface area (Å²) in [5.74, 6) is -0.340. The minimum Gasteiger partial charge on any atom is -0.385 e. The molecule has 0 radical (unpaired) electrons. The second kappa shape index (κ2) is 9.09. The number of anilines is 2. The second-order valence-electron chi connectivity index (χ2n) is 8.23. The normalized spacial score (nSPS) is 12.2. The monoisotopic (exact) mass is 403 g/mol. The van der Waals surface area contributed by atoms with Gasteiger partial charge in [0.05, 0.1) is 17.0 Å². The molecule has 0 saturated heterocycles. The van der Waals surface area contributed by atoms with Crippen molar-refractivity contribution in [2.45, 2.75) is 59.2 Å². The van der Waals surface area contributed by atoms with Gasteiger partial charge in [-0.15, -0.1) is 0 Å². The molecule has 2 rings (SSSR count). The molecule has 0 saturated carbocycles. The van der Waals surface area contributed by atoms with Crippen molar-refractivity contribution in [3.05, 3.63) is 41.5 Å². The van der Waals surface area contributed by atoms with Gasteiger partial charge < -0.3 is 20.5 Å². The highest BCUT2D eigenvalue weighted by Crippen LogP contribution is 2.37. The predicted octanol–water partition coefficient (Wildman–Crippen LogP) is 5.25. The van der Waals surface area contributed by atoms with Crippen LogP contribution in [0, 0.1) is 5.82 Å². The van der Waals surface area contributed by atoms with Crippen LogP contribution in [0.5, 0.6) is 0 Å². The van der Waals surface area contributed by atoms with E-state index in [1.165, 1.54) is 6.07 Å². The van der Waals surface area contributed by atoms with E-state index in [4.69, 9.17) is 4.74 Å². The zero-order valence-corrected chi connectivity index (χ0v) is 18.6. The maximum absolute atomic E-state index is 15.2. The van der Waals surface area contributed by atoms with E-state index in [0.717, 1.165) is 24.2 Å². The van der Waals surface area contributed by atoms with Crippen molar-refractivity contribution >= 4 is 11.4 Å². The summed E-state index contributed by atoms with van der Waals surface area (Å²) in [5, 5.41) is 17.0. The Bertz CT molecular complexity index is 845. The molecule has 0 aliphatic heterocycles. The summed E-state index contributed by atoms with van der Waals surface area (Å²) >= 11 is 0. The predicted molar refractivity (Wildman–Crippen MR) is 118 cm³/mol. The van der Waals surface area contributed by atoms with Crippen LogP contribution in [-0.4, -0.2) is 30.3 Å². The molecule has 29 heavy (non-hydrogen) atoms. The van der Waals surface area contributed by atoms with Gasteiger partial charge in [-0.3, -0.25) is 4.98 Å². The molecule has 0 aliphatic carbocycles. The van der Waals surface area contributed by atoms with Crippen LogP contribution in [0.4, 0.5) is 15.8 Å². The number of nitrogens with one attached hydrogen (secondary N) is 2. The molecule has 0 unspecified atom stereocenters. The Kier molecular flexibility index (Phi) is 7.25. The van der Waals surface area contributed by atoms with Crippen LogP contribution in [0.1, 0.15) is 59.2 Å². The SMILES string of the molecule is CCCNc1cc(-c2cnc(C(C)(C)O)c(NCC)c2)c(F)cc1C(C)(C)OC. The quantitative estimate of drug-likeness (QED) is 0.534. The first-order valence-corrected chi connectivity index (χ1v) is 10.1. The van der Waals surface area contributed by atoms with E-state index < -0.39 is 11.2 Å². The van der Waals surface area contributed by atoms with Gasteiger partial charge in [-0.05, 0) is 59.2 Å². The lowest BCUT2D eigenvalue weighted by atomic mass is 9.92. The first kappa shape index (κ1) is 23.1. The molecule has 3 N–H and O–H groups in total. The Morgan fingerprint density at radius 1 is 1.07 bits per heavy atom. The molecule has 0 spiro atoms. The Morgan fingerprint density at radius 2 is 1.76 bits per heavy atom. The molecule has 0 bridgehead atoms. The van der Waals surface area contributed by atoms with E-state index in [9.17, 15) is 5.11 Å². The van der Waals surface area contributed by atoms with E-state index in [2.05, 4.69) is 22.5 Å². The van der Waals surface area contributed by atoms with E-state index >= 15 is 4.39 Å². The van der Waals surface area contributed by atoms with E-state index in [1.54, 1.807) is 27.2 Å². The number of rotatable bonds is 9. The summed E-state index contributed by atoms with van der Waals surface area (Å²) in [6, 6.07) is 5.19. The summed E-state index contributed by atoms with van der Waals surface area (Å²) in [4.78, 5) is 4.44. The number of pyridine rings is 1. The van der Waals surface area contributed by atoms with Gasteiger partial charge in [0, 0.05) is 48.8 Å². The minimum atomic E-state index is -1.10. The Hall–Kier alpha value is -2.18. The molecular weight excluding hydrogens is 369 g/mol. The minimum absolute atomic E-state index is 0.340. The van der Waals surface area contributed by atoms with Crippen molar-refractivity contribution in [2.24, 2.45) is 0 Å². The first-order valence-electron chi connectivity index (χ1n) is 10.1. The summed E-state index contributed by atoms with van der Waals surface area (Å²) in [5.41, 5.74) is 2.20. The molecule has 2 aromatic rings. The average Bonchev–Trinajstić information content (AvgIpc) is 2.66. The second-order valence-corrected chi connectivity index (χ2v) is 8.23. The molecular formula is C23H34FN3O2. The Labute approximate surface area is 173 Å². The third kappa shape index (κ3) is 5.25. The van der Waals surface area contributed by atoms with Gasteiger partial charge in [-0.1, -0.05) is 6.92 Å².